The summed E-state index contributed by atoms with van der Waals surface area (Å²) < 4.78 is 6.40. The van der Waals surface area contributed by atoms with Crippen molar-refractivity contribution in [2.45, 2.75) is 38.7 Å². The normalized spacial score (nSPS) is 17.5. The standard InChI is InChI=1S/C24H24N2O5/c1-16-3-9-20-21(27)15-24(31-23(20)17(16)2)11-13-25(14-12-24)22(28)10-6-18-4-7-19(8-5-18)26(29)30/h3-10H,11-15H2,1-2H3/b10-6+. The zero-order valence-electron chi connectivity index (χ0n) is 17.6. The van der Waals surface area contributed by atoms with Crippen molar-refractivity contribution < 1.29 is 19.2 Å². The van der Waals surface area contributed by atoms with Crippen molar-refractivity contribution in [1.82, 2.24) is 4.90 Å². The van der Waals surface area contributed by atoms with Crippen molar-refractivity contribution >= 4 is 23.5 Å². The van der Waals surface area contributed by atoms with E-state index in [2.05, 4.69) is 0 Å². The van der Waals surface area contributed by atoms with E-state index in [0.717, 1.165) is 16.7 Å². The van der Waals surface area contributed by atoms with Crippen LogP contribution in [0.5, 0.6) is 5.75 Å². The quantitative estimate of drug-likeness (QED) is 0.421. The molecule has 2 aromatic carbocycles. The number of rotatable bonds is 3. The topological polar surface area (TPSA) is 89.8 Å². The van der Waals surface area contributed by atoms with Crippen LogP contribution in [0, 0.1) is 24.0 Å². The lowest BCUT2D eigenvalue weighted by atomic mass is 9.81. The number of ketones is 1. The Balaban J connectivity index is 1.41. The zero-order chi connectivity index (χ0) is 22.2. The average Bonchev–Trinajstić information content (AvgIpc) is 2.76. The van der Waals surface area contributed by atoms with Crippen LogP contribution in [0.25, 0.3) is 6.08 Å². The summed E-state index contributed by atoms with van der Waals surface area (Å²) in [7, 11) is 0. The predicted molar refractivity (Wildman–Crippen MR) is 116 cm³/mol. The molecule has 0 radical (unpaired) electrons. The van der Waals surface area contributed by atoms with Crippen LogP contribution in [0.15, 0.2) is 42.5 Å². The minimum Gasteiger partial charge on any atom is -0.486 e. The monoisotopic (exact) mass is 420 g/mol. The van der Waals surface area contributed by atoms with Crippen LogP contribution in [0.2, 0.25) is 0 Å². The Morgan fingerprint density at radius 2 is 1.81 bits per heavy atom. The van der Waals surface area contributed by atoms with Crippen molar-refractivity contribution in [3.05, 3.63) is 74.8 Å². The van der Waals surface area contributed by atoms with Gasteiger partial charge in [0.15, 0.2) is 5.78 Å². The summed E-state index contributed by atoms with van der Waals surface area (Å²) in [5.41, 5.74) is 2.91. The summed E-state index contributed by atoms with van der Waals surface area (Å²) in [6.07, 6.45) is 4.67. The molecule has 2 heterocycles. The van der Waals surface area contributed by atoms with Gasteiger partial charge in [0, 0.05) is 44.1 Å². The highest BCUT2D eigenvalue weighted by Crippen LogP contribution is 2.41. The Kier molecular flexibility index (Phi) is 5.35. The summed E-state index contributed by atoms with van der Waals surface area (Å²) in [6, 6.07) is 9.83. The second-order valence-electron chi connectivity index (χ2n) is 8.28. The first-order valence-electron chi connectivity index (χ1n) is 10.3. The lowest BCUT2D eigenvalue weighted by Crippen LogP contribution is -2.52. The number of ether oxygens (including phenoxy) is 1. The number of carbonyl (C=O) groups is 2. The third kappa shape index (κ3) is 4.08. The number of nitrogens with zero attached hydrogens (tertiary/aromatic N) is 2. The number of nitro groups is 1. The van der Waals surface area contributed by atoms with Crippen LogP contribution in [0.3, 0.4) is 0 Å². The third-order valence-electron chi connectivity index (χ3n) is 6.29. The van der Waals surface area contributed by atoms with Gasteiger partial charge in [0.05, 0.1) is 16.9 Å². The van der Waals surface area contributed by atoms with Crippen molar-refractivity contribution in [1.29, 1.82) is 0 Å². The highest BCUT2D eigenvalue weighted by Gasteiger charge is 2.44. The van der Waals surface area contributed by atoms with Crippen LogP contribution in [-0.4, -0.2) is 40.2 Å². The number of fused-ring (bicyclic) bond motifs is 1. The van der Waals surface area contributed by atoms with E-state index < -0.39 is 10.5 Å². The zero-order valence-corrected chi connectivity index (χ0v) is 17.6. The second-order valence-corrected chi connectivity index (χ2v) is 8.28. The molecule has 2 aromatic rings. The summed E-state index contributed by atoms with van der Waals surface area (Å²) in [5, 5.41) is 10.7. The molecule has 2 aliphatic rings. The Bertz CT molecular complexity index is 1080. The number of hydrogen-bond donors (Lipinski definition) is 0. The molecular weight excluding hydrogens is 396 g/mol. The molecule has 160 valence electrons. The van der Waals surface area contributed by atoms with Gasteiger partial charge in [-0.1, -0.05) is 6.07 Å². The number of hydrogen-bond acceptors (Lipinski definition) is 5. The molecule has 1 fully saturated rings. The maximum absolute atomic E-state index is 12.7. The summed E-state index contributed by atoms with van der Waals surface area (Å²) in [5.74, 6) is 0.666. The molecular formula is C24H24N2O5. The maximum Gasteiger partial charge on any atom is 0.269 e. The molecule has 1 saturated heterocycles. The Labute approximate surface area is 180 Å². The first-order chi connectivity index (χ1) is 14.8. The molecule has 1 amide bonds. The highest BCUT2D eigenvalue weighted by molar-refractivity contribution is 6.01. The van der Waals surface area contributed by atoms with Gasteiger partial charge in [0.2, 0.25) is 5.91 Å². The summed E-state index contributed by atoms with van der Waals surface area (Å²) >= 11 is 0. The average molecular weight is 420 g/mol. The van der Waals surface area contributed by atoms with E-state index in [4.69, 9.17) is 4.74 Å². The number of nitro benzene ring substituents is 1. The van der Waals surface area contributed by atoms with Crippen molar-refractivity contribution in [2.24, 2.45) is 0 Å². The number of Topliss-reactive ketones (excluding diaryl/α,β-unsaturated/α-hetero) is 1. The van der Waals surface area contributed by atoms with Gasteiger partial charge in [-0.3, -0.25) is 19.7 Å². The maximum atomic E-state index is 12.7. The van der Waals surface area contributed by atoms with Gasteiger partial charge in [-0.15, -0.1) is 0 Å². The number of non-ortho nitro benzene ring substituents is 1. The van der Waals surface area contributed by atoms with Crippen molar-refractivity contribution in [3.8, 4) is 5.75 Å². The van der Waals surface area contributed by atoms with Crippen LogP contribution in [-0.2, 0) is 4.79 Å². The van der Waals surface area contributed by atoms with Crippen LogP contribution in [0.1, 0.15) is 46.3 Å². The van der Waals surface area contributed by atoms with Gasteiger partial charge in [-0.05, 0) is 54.8 Å². The first-order valence-corrected chi connectivity index (χ1v) is 10.3. The summed E-state index contributed by atoms with van der Waals surface area (Å²) in [4.78, 5) is 37.4. The minimum absolute atomic E-state index is 0.0128. The van der Waals surface area contributed by atoms with E-state index in [1.54, 1.807) is 23.1 Å². The van der Waals surface area contributed by atoms with E-state index in [9.17, 15) is 19.7 Å². The van der Waals surface area contributed by atoms with Crippen LogP contribution < -0.4 is 4.74 Å². The van der Waals surface area contributed by atoms with E-state index in [-0.39, 0.29) is 17.4 Å². The van der Waals surface area contributed by atoms with E-state index >= 15 is 0 Å². The Morgan fingerprint density at radius 3 is 2.45 bits per heavy atom. The number of benzene rings is 2. The van der Waals surface area contributed by atoms with Crippen LogP contribution in [0.4, 0.5) is 5.69 Å². The van der Waals surface area contributed by atoms with Crippen molar-refractivity contribution in [2.75, 3.05) is 13.1 Å². The largest absolute Gasteiger partial charge is 0.486 e. The molecule has 7 heteroatoms. The fourth-order valence-electron chi connectivity index (χ4n) is 4.18. The van der Waals surface area contributed by atoms with Crippen LogP contribution >= 0.6 is 0 Å². The van der Waals surface area contributed by atoms with E-state index in [0.29, 0.717) is 43.7 Å². The molecule has 0 bridgehead atoms. The Hall–Kier alpha value is -3.48. The molecule has 1 spiro atoms. The molecule has 0 unspecified atom stereocenters. The SMILES string of the molecule is Cc1ccc2c(c1C)OC1(CCN(C(=O)/C=C/c3ccc([N+](=O)[O-])cc3)CC1)CC2=O. The number of aryl methyl sites for hydroxylation is 1. The fourth-order valence-corrected chi connectivity index (χ4v) is 4.18. The molecule has 0 aromatic heterocycles. The number of piperidine rings is 1. The van der Waals surface area contributed by atoms with Gasteiger partial charge < -0.3 is 9.64 Å². The molecule has 4 rings (SSSR count). The van der Waals surface area contributed by atoms with Gasteiger partial charge in [-0.2, -0.15) is 0 Å². The van der Waals surface area contributed by atoms with E-state index in [1.165, 1.54) is 18.2 Å². The molecule has 31 heavy (non-hydrogen) atoms. The van der Waals surface area contributed by atoms with Gasteiger partial charge in [0.1, 0.15) is 11.4 Å². The molecule has 2 aliphatic heterocycles. The number of likely N-dealkylation sites (tertiary alicyclic amines) is 1. The van der Waals surface area contributed by atoms with Gasteiger partial charge >= 0.3 is 0 Å². The molecule has 0 saturated carbocycles. The molecule has 0 N–H and O–H groups in total. The second kappa shape index (κ2) is 7.98. The Morgan fingerprint density at radius 1 is 1.13 bits per heavy atom. The molecule has 0 atom stereocenters. The molecule has 0 aliphatic carbocycles. The lowest BCUT2D eigenvalue weighted by molar-refractivity contribution is -0.384. The minimum atomic E-state index is -0.554. The number of carbonyl (C=O) groups excluding carboxylic acids is 2. The third-order valence-corrected chi connectivity index (χ3v) is 6.29. The van der Waals surface area contributed by atoms with Gasteiger partial charge in [0.25, 0.3) is 5.69 Å². The first kappa shape index (κ1) is 20.8. The number of amides is 1. The van der Waals surface area contributed by atoms with Gasteiger partial charge in [-0.25, -0.2) is 0 Å². The lowest BCUT2D eigenvalue weighted by Gasteiger charge is -2.44. The predicted octanol–water partition coefficient (Wildman–Crippen LogP) is 4.25. The smallest absolute Gasteiger partial charge is 0.269 e. The van der Waals surface area contributed by atoms with E-state index in [1.807, 2.05) is 26.0 Å². The highest BCUT2D eigenvalue weighted by atomic mass is 16.6. The summed E-state index contributed by atoms with van der Waals surface area (Å²) in [6.45, 7) is 5.00. The fraction of sp³-hybridized carbons (Fsp3) is 0.333. The molecule has 7 nitrogen and oxygen atoms in total. The van der Waals surface area contributed by atoms with Crippen molar-refractivity contribution in [3.63, 3.8) is 0 Å².